The predicted octanol–water partition coefficient (Wildman–Crippen LogP) is 2.63. The van der Waals surface area contributed by atoms with E-state index in [1.807, 2.05) is 43.3 Å². The van der Waals surface area contributed by atoms with Crippen molar-refractivity contribution in [3.05, 3.63) is 53.5 Å². The largest absolute Gasteiger partial charge is 0.496 e. The number of rotatable bonds is 5. The lowest BCUT2D eigenvalue weighted by Crippen LogP contribution is -1.96. The van der Waals surface area contributed by atoms with Crippen LogP contribution in [0.2, 0.25) is 0 Å². The van der Waals surface area contributed by atoms with Crippen molar-refractivity contribution in [3.8, 4) is 17.3 Å². The second kappa shape index (κ2) is 6.34. The summed E-state index contributed by atoms with van der Waals surface area (Å²) in [6.07, 6.45) is 1.41. The zero-order chi connectivity index (χ0) is 15.4. The summed E-state index contributed by atoms with van der Waals surface area (Å²) in [5.74, 6) is 1.90. The molecular formula is C16H16N4O2. The minimum Gasteiger partial charge on any atom is -0.496 e. The summed E-state index contributed by atoms with van der Waals surface area (Å²) in [7, 11) is 1.67. The average molecular weight is 296 g/mol. The Labute approximate surface area is 128 Å². The molecule has 3 rings (SSSR count). The summed E-state index contributed by atoms with van der Waals surface area (Å²) >= 11 is 0. The Balaban J connectivity index is 1.71. The number of hydrogen-bond acceptors (Lipinski definition) is 6. The van der Waals surface area contributed by atoms with E-state index in [1.165, 1.54) is 0 Å². The van der Waals surface area contributed by atoms with Crippen LogP contribution in [0, 0.1) is 6.92 Å². The molecule has 0 saturated heterocycles. The molecule has 6 heteroatoms. The monoisotopic (exact) mass is 296 g/mol. The van der Waals surface area contributed by atoms with Crippen LogP contribution in [-0.2, 0) is 12.8 Å². The molecule has 0 saturated carbocycles. The number of benzene rings is 1. The normalized spacial score (nSPS) is 10.6. The molecule has 2 heterocycles. The van der Waals surface area contributed by atoms with E-state index in [4.69, 9.17) is 9.26 Å². The zero-order valence-electron chi connectivity index (χ0n) is 12.5. The van der Waals surface area contributed by atoms with Crippen molar-refractivity contribution in [2.45, 2.75) is 19.8 Å². The molecular weight excluding hydrogens is 280 g/mol. The average Bonchev–Trinajstić information content (AvgIpc) is 3.03. The van der Waals surface area contributed by atoms with Crippen molar-refractivity contribution < 1.29 is 9.26 Å². The van der Waals surface area contributed by atoms with Crippen LogP contribution in [0.5, 0.6) is 5.75 Å². The number of hydrogen-bond donors (Lipinski definition) is 0. The molecule has 0 N–H and O–H groups in total. The van der Waals surface area contributed by atoms with Crippen molar-refractivity contribution >= 4 is 0 Å². The number of nitrogens with zero attached hydrogens (tertiary/aromatic N) is 4. The van der Waals surface area contributed by atoms with E-state index in [2.05, 4.69) is 20.3 Å². The Kier molecular flexibility index (Phi) is 4.09. The molecule has 2 aromatic heterocycles. The molecule has 1 aromatic carbocycles. The van der Waals surface area contributed by atoms with E-state index in [0.29, 0.717) is 23.8 Å². The third-order valence-corrected chi connectivity index (χ3v) is 3.30. The first kappa shape index (κ1) is 14.2. The first-order valence-corrected chi connectivity index (χ1v) is 7.01. The van der Waals surface area contributed by atoms with Gasteiger partial charge in [-0.05, 0) is 37.1 Å². The van der Waals surface area contributed by atoms with Crippen LogP contribution < -0.4 is 4.74 Å². The lowest BCUT2D eigenvalue weighted by Gasteiger charge is -2.05. The van der Waals surface area contributed by atoms with Crippen molar-refractivity contribution in [2.24, 2.45) is 0 Å². The summed E-state index contributed by atoms with van der Waals surface area (Å²) in [5, 5.41) is 12.0. The van der Waals surface area contributed by atoms with Crippen LogP contribution in [0.15, 0.2) is 40.9 Å². The molecule has 0 radical (unpaired) electrons. The maximum absolute atomic E-state index is 5.33. The van der Waals surface area contributed by atoms with Crippen LogP contribution in [0.4, 0.5) is 0 Å². The Hall–Kier alpha value is -2.76. The number of para-hydroxylation sites is 1. The van der Waals surface area contributed by atoms with Crippen molar-refractivity contribution in [1.82, 2.24) is 20.3 Å². The van der Waals surface area contributed by atoms with Crippen LogP contribution >= 0.6 is 0 Å². The highest BCUT2D eigenvalue weighted by Gasteiger charge is 2.11. The smallest absolute Gasteiger partial charge is 0.227 e. The molecule has 0 unspecified atom stereocenters. The minimum absolute atomic E-state index is 0.461. The van der Waals surface area contributed by atoms with Gasteiger partial charge in [0.05, 0.1) is 12.8 Å². The van der Waals surface area contributed by atoms with Gasteiger partial charge >= 0.3 is 0 Å². The van der Waals surface area contributed by atoms with Crippen LogP contribution in [0.25, 0.3) is 11.5 Å². The molecule has 3 aromatic rings. The molecule has 0 aliphatic carbocycles. The number of aromatic nitrogens is 4. The molecule has 0 atom stereocenters. The van der Waals surface area contributed by atoms with E-state index >= 15 is 0 Å². The van der Waals surface area contributed by atoms with E-state index in [-0.39, 0.29) is 0 Å². The quantitative estimate of drug-likeness (QED) is 0.720. The summed E-state index contributed by atoms with van der Waals surface area (Å²) in [6, 6.07) is 11.6. The predicted molar refractivity (Wildman–Crippen MR) is 80.5 cm³/mol. The number of aryl methyl sites for hydroxylation is 3. The molecule has 0 spiro atoms. The Morgan fingerprint density at radius 1 is 1.05 bits per heavy atom. The molecule has 6 nitrogen and oxygen atoms in total. The number of methoxy groups -OCH3 is 1. The van der Waals surface area contributed by atoms with E-state index < -0.39 is 0 Å². The summed E-state index contributed by atoms with van der Waals surface area (Å²) in [5.41, 5.74) is 2.57. The highest BCUT2D eigenvalue weighted by Crippen LogP contribution is 2.20. The van der Waals surface area contributed by atoms with Gasteiger partial charge in [-0.1, -0.05) is 23.4 Å². The minimum atomic E-state index is 0.461. The van der Waals surface area contributed by atoms with Gasteiger partial charge in [0.2, 0.25) is 11.7 Å². The van der Waals surface area contributed by atoms with Crippen molar-refractivity contribution in [3.63, 3.8) is 0 Å². The lowest BCUT2D eigenvalue weighted by molar-refractivity contribution is 0.376. The second-order valence-electron chi connectivity index (χ2n) is 4.88. The Morgan fingerprint density at radius 2 is 1.91 bits per heavy atom. The molecule has 0 aliphatic rings. The highest BCUT2D eigenvalue weighted by atomic mass is 16.5. The zero-order valence-corrected chi connectivity index (χ0v) is 12.5. The Morgan fingerprint density at radius 3 is 2.68 bits per heavy atom. The van der Waals surface area contributed by atoms with Gasteiger partial charge in [0.15, 0.2) is 0 Å². The van der Waals surface area contributed by atoms with Gasteiger partial charge in [0.1, 0.15) is 11.4 Å². The fraction of sp³-hybridized carbons (Fsp3) is 0.250. The van der Waals surface area contributed by atoms with Gasteiger partial charge in [0, 0.05) is 6.42 Å². The van der Waals surface area contributed by atoms with Gasteiger partial charge in [-0.3, -0.25) is 0 Å². The Bertz CT molecular complexity index is 753. The highest BCUT2D eigenvalue weighted by molar-refractivity contribution is 5.46. The molecule has 0 bridgehead atoms. The van der Waals surface area contributed by atoms with Crippen LogP contribution in [0.3, 0.4) is 0 Å². The topological polar surface area (TPSA) is 73.9 Å². The van der Waals surface area contributed by atoms with Crippen LogP contribution in [0.1, 0.15) is 17.1 Å². The third-order valence-electron chi connectivity index (χ3n) is 3.30. The second-order valence-corrected chi connectivity index (χ2v) is 4.88. The molecule has 22 heavy (non-hydrogen) atoms. The van der Waals surface area contributed by atoms with Gasteiger partial charge in [0.25, 0.3) is 0 Å². The maximum Gasteiger partial charge on any atom is 0.227 e. The standard InChI is InChI=1S/C16H16N4O2/c1-11-7-9-13(19-18-11)16-17-15(22-20-16)10-8-12-5-3-4-6-14(12)21-2/h3-7,9H,8,10H2,1-2H3. The van der Waals surface area contributed by atoms with E-state index in [9.17, 15) is 0 Å². The summed E-state index contributed by atoms with van der Waals surface area (Å²) in [6.45, 7) is 1.88. The van der Waals surface area contributed by atoms with Crippen molar-refractivity contribution in [1.29, 1.82) is 0 Å². The van der Waals surface area contributed by atoms with Gasteiger partial charge < -0.3 is 9.26 Å². The van der Waals surface area contributed by atoms with Crippen molar-refractivity contribution in [2.75, 3.05) is 7.11 Å². The van der Waals surface area contributed by atoms with E-state index in [0.717, 1.165) is 23.4 Å². The van der Waals surface area contributed by atoms with E-state index in [1.54, 1.807) is 7.11 Å². The fourth-order valence-corrected chi connectivity index (χ4v) is 2.13. The lowest BCUT2D eigenvalue weighted by atomic mass is 10.1. The first-order chi connectivity index (χ1) is 10.8. The molecule has 0 aliphatic heterocycles. The fourth-order valence-electron chi connectivity index (χ4n) is 2.13. The van der Waals surface area contributed by atoms with Crippen LogP contribution in [-0.4, -0.2) is 27.4 Å². The molecule has 0 amide bonds. The molecule has 0 fully saturated rings. The van der Waals surface area contributed by atoms with Gasteiger partial charge in [-0.25, -0.2) is 0 Å². The number of ether oxygens (including phenoxy) is 1. The SMILES string of the molecule is COc1ccccc1CCc1nc(-c2ccc(C)nn2)no1. The first-order valence-electron chi connectivity index (χ1n) is 7.01. The summed E-state index contributed by atoms with van der Waals surface area (Å²) < 4.78 is 10.6. The maximum atomic E-state index is 5.33. The van der Waals surface area contributed by atoms with Gasteiger partial charge in [-0.15, -0.1) is 5.10 Å². The summed E-state index contributed by atoms with van der Waals surface area (Å²) in [4.78, 5) is 4.36. The third kappa shape index (κ3) is 3.11. The van der Waals surface area contributed by atoms with Gasteiger partial charge in [-0.2, -0.15) is 10.1 Å². The molecule has 112 valence electrons.